The Morgan fingerprint density at radius 2 is 1.47 bits per heavy atom. The van der Waals surface area contributed by atoms with E-state index >= 15 is 0 Å². The van der Waals surface area contributed by atoms with E-state index in [0.29, 0.717) is 6.07 Å². The summed E-state index contributed by atoms with van der Waals surface area (Å²) in [6.07, 6.45) is -8.18. The Morgan fingerprint density at radius 3 is 1.82 bits per heavy atom. The molecule has 0 heterocycles. The molecule has 0 aliphatic rings. The summed E-state index contributed by atoms with van der Waals surface area (Å²) in [5.74, 6) is 0. The van der Waals surface area contributed by atoms with Crippen molar-refractivity contribution in [1.82, 2.24) is 0 Å². The first-order valence-corrected chi connectivity index (χ1v) is 5.63. The van der Waals surface area contributed by atoms with Crippen molar-refractivity contribution in [3.8, 4) is 0 Å². The minimum absolute atomic E-state index is 0.206. The second kappa shape index (κ2) is 4.44. The highest BCUT2D eigenvalue weighted by molar-refractivity contribution is 7.98. The van der Waals surface area contributed by atoms with Gasteiger partial charge in [-0.05, 0) is 30.9 Å². The molecule has 17 heavy (non-hydrogen) atoms. The molecule has 96 valence electrons. The summed E-state index contributed by atoms with van der Waals surface area (Å²) in [5, 5.41) is 0. The predicted octanol–water partition coefficient (Wildman–Crippen LogP) is 4.75. The van der Waals surface area contributed by atoms with E-state index in [1.807, 2.05) is 0 Å². The zero-order chi connectivity index (χ0) is 13.4. The molecule has 0 radical (unpaired) electrons. The maximum Gasteiger partial charge on any atom is 0.417 e. The molecule has 0 N–H and O–H groups in total. The fourth-order valence-electron chi connectivity index (χ4n) is 1.52. The lowest BCUT2D eigenvalue weighted by molar-refractivity contribution is -0.145. The molecule has 0 nitrogen and oxygen atoms in total. The van der Waals surface area contributed by atoms with Crippen LogP contribution in [-0.4, -0.2) is 6.26 Å². The van der Waals surface area contributed by atoms with E-state index in [4.69, 9.17) is 0 Å². The number of alkyl halides is 6. The van der Waals surface area contributed by atoms with E-state index in [1.54, 1.807) is 0 Å². The van der Waals surface area contributed by atoms with Crippen molar-refractivity contribution in [2.75, 3.05) is 6.26 Å². The number of hydrogen-bond acceptors (Lipinski definition) is 1. The largest absolute Gasteiger partial charge is 0.417 e. The Morgan fingerprint density at radius 1 is 0.941 bits per heavy atom. The van der Waals surface area contributed by atoms with Crippen molar-refractivity contribution in [3.63, 3.8) is 0 Å². The fourth-order valence-corrected chi connectivity index (χ4v) is 2.19. The lowest BCUT2D eigenvalue weighted by Crippen LogP contribution is -2.15. The third-order valence-corrected chi connectivity index (χ3v) is 3.02. The van der Waals surface area contributed by atoms with Gasteiger partial charge in [0.15, 0.2) is 0 Å². The number of hydrogen-bond donors (Lipinski definition) is 0. The highest BCUT2D eigenvalue weighted by atomic mass is 32.2. The van der Waals surface area contributed by atoms with Crippen LogP contribution in [0.3, 0.4) is 0 Å². The first-order valence-electron chi connectivity index (χ1n) is 4.41. The molecule has 0 bridgehead atoms. The molecule has 0 atom stereocenters. The van der Waals surface area contributed by atoms with Crippen molar-refractivity contribution in [2.45, 2.75) is 24.2 Å². The molecule has 1 aromatic carbocycles. The molecule has 0 unspecified atom stereocenters. The van der Waals surface area contributed by atoms with Gasteiger partial charge in [-0.25, -0.2) is 0 Å². The minimum atomic E-state index is -4.79. The summed E-state index contributed by atoms with van der Waals surface area (Å²) in [4.78, 5) is -0.206. The van der Waals surface area contributed by atoms with Crippen LogP contribution in [0.1, 0.15) is 16.7 Å². The summed E-state index contributed by atoms with van der Waals surface area (Å²) in [6, 6.07) is 1.53. The Labute approximate surface area is 98.0 Å². The summed E-state index contributed by atoms with van der Waals surface area (Å²) in [7, 11) is 0. The molecule has 0 aliphatic heterocycles. The van der Waals surface area contributed by atoms with E-state index in [2.05, 4.69) is 0 Å². The second-order valence-corrected chi connectivity index (χ2v) is 4.16. The summed E-state index contributed by atoms with van der Waals surface area (Å²) < 4.78 is 75.5. The Hall–Kier alpha value is -0.850. The average molecular weight is 274 g/mol. The molecule has 0 spiro atoms. The highest BCUT2D eigenvalue weighted by Gasteiger charge is 2.40. The van der Waals surface area contributed by atoms with Crippen molar-refractivity contribution < 1.29 is 26.3 Å². The highest BCUT2D eigenvalue weighted by Crippen LogP contribution is 2.43. The van der Waals surface area contributed by atoms with Gasteiger partial charge in [0.1, 0.15) is 0 Å². The Balaban J connectivity index is 3.55. The van der Waals surface area contributed by atoms with Crippen molar-refractivity contribution in [1.29, 1.82) is 0 Å². The van der Waals surface area contributed by atoms with Crippen LogP contribution in [0.4, 0.5) is 26.3 Å². The molecule has 1 aromatic rings. The van der Waals surface area contributed by atoms with Crippen molar-refractivity contribution in [2.24, 2.45) is 0 Å². The quantitative estimate of drug-likeness (QED) is 0.526. The monoisotopic (exact) mass is 274 g/mol. The molecule has 0 aromatic heterocycles. The SMILES string of the molecule is CSc1ccc(C(F)(F)F)c(C)c1C(F)(F)F. The van der Waals surface area contributed by atoms with Gasteiger partial charge in [-0.3, -0.25) is 0 Å². The Kier molecular flexibility index (Phi) is 3.71. The van der Waals surface area contributed by atoms with Crippen molar-refractivity contribution in [3.05, 3.63) is 28.8 Å². The van der Waals surface area contributed by atoms with Gasteiger partial charge in [0.2, 0.25) is 0 Å². The minimum Gasteiger partial charge on any atom is -0.166 e. The standard InChI is InChI=1S/C10H8F6S/c1-5-6(9(11,12)13)3-4-7(17-2)8(5)10(14,15)16/h3-4H,1-2H3. The molecule has 0 amide bonds. The van der Waals surface area contributed by atoms with Crippen LogP contribution < -0.4 is 0 Å². The van der Waals surface area contributed by atoms with E-state index < -0.39 is 29.0 Å². The lowest BCUT2D eigenvalue weighted by atomic mass is 10.0. The first kappa shape index (κ1) is 14.2. The van der Waals surface area contributed by atoms with Gasteiger partial charge in [0.25, 0.3) is 0 Å². The van der Waals surface area contributed by atoms with E-state index in [-0.39, 0.29) is 4.90 Å². The molecular formula is C10H8F6S. The molecule has 1 rings (SSSR count). The van der Waals surface area contributed by atoms with Gasteiger partial charge in [-0.15, -0.1) is 11.8 Å². The fraction of sp³-hybridized carbons (Fsp3) is 0.400. The second-order valence-electron chi connectivity index (χ2n) is 3.31. The van der Waals surface area contributed by atoms with Crippen LogP contribution in [0, 0.1) is 6.92 Å². The van der Waals surface area contributed by atoms with E-state index in [1.165, 1.54) is 6.26 Å². The molecule has 0 fully saturated rings. The molecular weight excluding hydrogens is 266 g/mol. The summed E-state index contributed by atoms with van der Waals surface area (Å²) in [6.45, 7) is 0.839. The zero-order valence-electron chi connectivity index (χ0n) is 8.83. The van der Waals surface area contributed by atoms with Gasteiger partial charge in [0, 0.05) is 4.90 Å². The lowest BCUT2D eigenvalue weighted by Gasteiger charge is -2.18. The van der Waals surface area contributed by atoms with Crippen LogP contribution in [0.15, 0.2) is 17.0 Å². The number of rotatable bonds is 1. The van der Waals surface area contributed by atoms with Gasteiger partial charge in [0.05, 0.1) is 11.1 Å². The van der Waals surface area contributed by atoms with Crippen LogP contribution in [0.5, 0.6) is 0 Å². The average Bonchev–Trinajstić information content (AvgIpc) is 2.12. The number of benzene rings is 1. The number of halogens is 6. The van der Waals surface area contributed by atoms with Gasteiger partial charge < -0.3 is 0 Å². The summed E-state index contributed by atoms with van der Waals surface area (Å²) >= 11 is 0.768. The van der Waals surface area contributed by atoms with Crippen molar-refractivity contribution >= 4 is 11.8 Å². The molecule has 7 heteroatoms. The van der Waals surface area contributed by atoms with E-state index in [0.717, 1.165) is 24.8 Å². The molecule has 0 aliphatic carbocycles. The molecule has 0 saturated carbocycles. The maximum absolute atomic E-state index is 12.7. The van der Waals surface area contributed by atoms with Crippen LogP contribution in [0.25, 0.3) is 0 Å². The maximum atomic E-state index is 12.7. The van der Waals surface area contributed by atoms with Crippen LogP contribution >= 0.6 is 11.8 Å². The van der Waals surface area contributed by atoms with Crippen LogP contribution in [0.2, 0.25) is 0 Å². The normalized spacial score (nSPS) is 12.9. The predicted molar refractivity (Wildman–Crippen MR) is 53.0 cm³/mol. The van der Waals surface area contributed by atoms with Crippen LogP contribution in [-0.2, 0) is 12.4 Å². The van der Waals surface area contributed by atoms with Gasteiger partial charge >= 0.3 is 12.4 Å². The number of thioether (sulfide) groups is 1. The third kappa shape index (κ3) is 2.88. The third-order valence-electron chi connectivity index (χ3n) is 2.24. The van der Waals surface area contributed by atoms with E-state index in [9.17, 15) is 26.3 Å². The van der Waals surface area contributed by atoms with Gasteiger partial charge in [-0.1, -0.05) is 0 Å². The first-order chi connectivity index (χ1) is 7.59. The zero-order valence-corrected chi connectivity index (χ0v) is 9.65. The van der Waals surface area contributed by atoms with Gasteiger partial charge in [-0.2, -0.15) is 26.3 Å². The summed E-state index contributed by atoms with van der Waals surface area (Å²) in [5.41, 5.74) is -3.24. The Bertz CT molecular complexity index is 418. The molecule has 0 saturated heterocycles. The topological polar surface area (TPSA) is 0 Å². The smallest absolute Gasteiger partial charge is 0.166 e.